The van der Waals surface area contributed by atoms with Crippen LogP contribution < -0.4 is 0 Å². The van der Waals surface area contributed by atoms with Gasteiger partial charge >= 0.3 is 6.03 Å². The third-order valence-corrected chi connectivity index (χ3v) is 5.17. The SMILES string of the molecule is CC(C)Cc1c(C(Cl)(Cl)C(Cl)(Cl)Cl)nnn1C(=O)n1ccnn1. The molecular weight excluding hydrogens is 409 g/mol. The lowest BCUT2D eigenvalue weighted by molar-refractivity contribution is 0.236. The highest BCUT2D eigenvalue weighted by molar-refractivity contribution is 6.75. The molecule has 0 N–H and O–H groups in total. The Morgan fingerprint density at radius 2 is 1.87 bits per heavy atom. The van der Waals surface area contributed by atoms with Gasteiger partial charge in [-0.05, 0) is 12.3 Å². The van der Waals surface area contributed by atoms with Crippen LogP contribution in [0.1, 0.15) is 25.2 Å². The van der Waals surface area contributed by atoms with Crippen molar-refractivity contribution in [2.45, 2.75) is 28.4 Å². The Morgan fingerprint density at radius 3 is 2.35 bits per heavy atom. The monoisotopic (exact) mass is 418 g/mol. The van der Waals surface area contributed by atoms with Gasteiger partial charge in [0.1, 0.15) is 5.69 Å². The van der Waals surface area contributed by atoms with Crippen molar-refractivity contribution in [1.82, 2.24) is 30.0 Å². The second kappa shape index (κ2) is 6.72. The maximum absolute atomic E-state index is 12.4. The molecule has 0 saturated heterocycles. The Bertz CT molecular complexity index is 690. The Hall–Kier alpha value is -0.600. The van der Waals surface area contributed by atoms with Gasteiger partial charge in [-0.15, -0.1) is 10.2 Å². The van der Waals surface area contributed by atoms with Gasteiger partial charge in [0.2, 0.25) is 8.13 Å². The molecule has 0 aliphatic carbocycles. The van der Waals surface area contributed by atoms with E-state index in [1.807, 2.05) is 13.8 Å². The van der Waals surface area contributed by atoms with Gasteiger partial charge in [-0.2, -0.15) is 9.36 Å². The molecule has 0 aromatic carbocycles. The topological polar surface area (TPSA) is 78.5 Å². The summed E-state index contributed by atoms with van der Waals surface area (Å²) < 4.78 is -2.05. The van der Waals surface area contributed by atoms with E-state index in [4.69, 9.17) is 58.0 Å². The van der Waals surface area contributed by atoms with Crippen LogP contribution in [0.5, 0.6) is 0 Å². The summed E-state index contributed by atoms with van der Waals surface area (Å²) in [6.07, 6.45) is 3.10. The Kier molecular flexibility index (Phi) is 5.48. The summed E-state index contributed by atoms with van der Waals surface area (Å²) >= 11 is 29.9. The number of nitrogens with zero attached hydrogens (tertiary/aromatic N) is 6. The van der Waals surface area contributed by atoms with E-state index < -0.39 is 14.2 Å². The second-order valence-corrected chi connectivity index (χ2v) is 8.71. The van der Waals surface area contributed by atoms with E-state index in [0.29, 0.717) is 12.1 Å². The van der Waals surface area contributed by atoms with Crippen molar-refractivity contribution in [3.63, 3.8) is 0 Å². The number of hydrogen-bond donors (Lipinski definition) is 0. The summed E-state index contributed by atoms with van der Waals surface area (Å²) in [7, 11) is 0. The Balaban J connectivity index is 2.56. The summed E-state index contributed by atoms with van der Waals surface area (Å²) in [5.74, 6) is 0.133. The maximum atomic E-state index is 12.4. The van der Waals surface area contributed by atoms with Crippen LogP contribution in [0.25, 0.3) is 0 Å². The molecule has 0 bridgehead atoms. The molecule has 2 aromatic heterocycles. The van der Waals surface area contributed by atoms with Crippen LogP contribution in [-0.4, -0.2) is 39.8 Å². The largest absolute Gasteiger partial charge is 0.372 e. The van der Waals surface area contributed by atoms with Crippen LogP contribution in [0.2, 0.25) is 0 Å². The van der Waals surface area contributed by atoms with Crippen molar-refractivity contribution in [3.05, 3.63) is 23.8 Å². The van der Waals surface area contributed by atoms with Gasteiger partial charge in [0.05, 0.1) is 18.1 Å². The number of carbonyl (C=O) groups is 1. The lowest BCUT2D eigenvalue weighted by Gasteiger charge is -2.26. The number of aromatic nitrogens is 6. The first kappa shape index (κ1) is 18.7. The van der Waals surface area contributed by atoms with Crippen molar-refractivity contribution < 1.29 is 4.79 Å². The van der Waals surface area contributed by atoms with Crippen molar-refractivity contribution >= 4 is 64.0 Å². The van der Waals surface area contributed by atoms with Gasteiger partial charge in [-0.1, -0.05) is 82.3 Å². The van der Waals surface area contributed by atoms with Crippen LogP contribution in [-0.2, 0) is 10.8 Å². The van der Waals surface area contributed by atoms with E-state index >= 15 is 0 Å². The smallest absolute Gasteiger partial charge is 0.243 e. The highest BCUT2D eigenvalue weighted by Gasteiger charge is 2.51. The van der Waals surface area contributed by atoms with Crippen LogP contribution >= 0.6 is 58.0 Å². The summed E-state index contributed by atoms with van der Waals surface area (Å²) in [4.78, 5) is 12.4. The maximum Gasteiger partial charge on any atom is 0.372 e. The molecule has 0 aliphatic rings. The molecule has 0 fully saturated rings. The fourth-order valence-corrected chi connectivity index (χ4v) is 2.37. The van der Waals surface area contributed by atoms with Crippen LogP contribution in [0.4, 0.5) is 4.79 Å². The number of carbonyl (C=O) groups excluding carboxylic acids is 1. The molecule has 126 valence electrons. The molecule has 0 unspecified atom stereocenters. The minimum atomic E-state index is -2.07. The van der Waals surface area contributed by atoms with Crippen molar-refractivity contribution in [1.29, 1.82) is 0 Å². The molecule has 2 rings (SSSR count). The fourth-order valence-electron chi connectivity index (χ4n) is 1.81. The highest BCUT2D eigenvalue weighted by atomic mass is 35.6. The molecule has 2 heterocycles. The molecule has 0 spiro atoms. The van der Waals surface area contributed by atoms with Gasteiger partial charge < -0.3 is 0 Å². The quantitative estimate of drug-likeness (QED) is 0.709. The third kappa shape index (κ3) is 3.74. The minimum absolute atomic E-state index is 0.00278. The van der Waals surface area contributed by atoms with Gasteiger partial charge in [0.25, 0.3) is 0 Å². The van der Waals surface area contributed by atoms with Gasteiger partial charge in [0.15, 0.2) is 0 Å². The molecule has 7 nitrogen and oxygen atoms in total. The van der Waals surface area contributed by atoms with E-state index in [9.17, 15) is 4.79 Å². The van der Waals surface area contributed by atoms with Crippen molar-refractivity contribution in [2.24, 2.45) is 5.92 Å². The summed E-state index contributed by atoms with van der Waals surface area (Å²) in [5, 5.41) is 14.8. The zero-order valence-corrected chi connectivity index (χ0v) is 15.7. The molecule has 12 heteroatoms. The molecule has 0 saturated carbocycles. The van der Waals surface area contributed by atoms with Crippen LogP contribution in [0.15, 0.2) is 12.4 Å². The lowest BCUT2D eigenvalue weighted by Crippen LogP contribution is -2.31. The molecular formula is C11H11Cl5N6O. The highest BCUT2D eigenvalue weighted by Crippen LogP contribution is 2.53. The van der Waals surface area contributed by atoms with E-state index in [0.717, 1.165) is 9.36 Å². The van der Waals surface area contributed by atoms with Gasteiger partial charge in [0, 0.05) is 0 Å². The Morgan fingerprint density at radius 1 is 1.22 bits per heavy atom. The summed E-state index contributed by atoms with van der Waals surface area (Å²) in [6.45, 7) is 3.86. The molecule has 2 aromatic rings. The summed E-state index contributed by atoms with van der Waals surface area (Å²) in [6, 6.07) is -0.606. The average molecular weight is 421 g/mol. The van der Waals surface area contributed by atoms with E-state index in [1.165, 1.54) is 12.4 Å². The van der Waals surface area contributed by atoms with Gasteiger partial charge in [-0.25, -0.2) is 4.79 Å². The Labute approximate surface area is 156 Å². The molecule has 0 atom stereocenters. The fraction of sp³-hybridized carbons (Fsp3) is 0.545. The molecule has 0 aliphatic heterocycles. The van der Waals surface area contributed by atoms with Crippen molar-refractivity contribution in [3.8, 4) is 0 Å². The first-order valence-corrected chi connectivity index (χ1v) is 8.25. The van der Waals surface area contributed by atoms with E-state index in [2.05, 4.69) is 20.6 Å². The zero-order chi connectivity index (χ0) is 17.4. The summed E-state index contributed by atoms with van der Waals surface area (Å²) in [5.41, 5.74) is 0.333. The third-order valence-electron chi connectivity index (χ3n) is 2.82. The number of rotatable bonds is 3. The predicted octanol–water partition coefficient (Wildman–Crippen LogP) is 3.59. The standard InChI is InChI=1S/C11H11Cl5N6O/c1-6(2)5-7-8(10(12,13)11(14,15)16)18-20-22(7)9(23)21-4-3-17-19-21/h3-4,6H,5H2,1-2H3. The molecule has 0 amide bonds. The number of hydrogen-bond acceptors (Lipinski definition) is 5. The average Bonchev–Trinajstić information content (AvgIpc) is 3.04. The zero-order valence-electron chi connectivity index (χ0n) is 11.9. The minimum Gasteiger partial charge on any atom is -0.243 e. The molecule has 0 radical (unpaired) electrons. The van der Waals surface area contributed by atoms with E-state index in [-0.39, 0.29) is 11.6 Å². The van der Waals surface area contributed by atoms with Crippen LogP contribution in [0, 0.1) is 5.92 Å². The van der Waals surface area contributed by atoms with Crippen molar-refractivity contribution in [2.75, 3.05) is 0 Å². The molecule has 23 heavy (non-hydrogen) atoms. The number of alkyl halides is 5. The normalized spacial score (nSPS) is 12.9. The second-order valence-electron chi connectivity index (χ2n) is 5.10. The van der Waals surface area contributed by atoms with E-state index in [1.54, 1.807) is 0 Å². The van der Waals surface area contributed by atoms with Gasteiger partial charge in [-0.3, -0.25) is 0 Å². The lowest BCUT2D eigenvalue weighted by atomic mass is 10.1. The van der Waals surface area contributed by atoms with Crippen LogP contribution in [0.3, 0.4) is 0 Å². The number of halogens is 5. The predicted molar refractivity (Wildman–Crippen MR) is 88.5 cm³/mol. The first-order chi connectivity index (χ1) is 10.6. The first-order valence-electron chi connectivity index (χ1n) is 6.36.